The van der Waals surface area contributed by atoms with Gasteiger partial charge < -0.3 is 14.6 Å². The average molecular weight is 362 g/mol. The highest BCUT2D eigenvalue weighted by molar-refractivity contribution is 5.95. The van der Waals surface area contributed by atoms with E-state index in [1.165, 1.54) is 0 Å². The standard InChI is InChI=1S/C21H22N4O2/c1-15(17-5-3-2-4-6-17)20(26)23-10-16-12-25(13-16)21(27)18-7-8-24-14-22-11-19(24)9-18/h2-9,11,14-16H,10,12-13H2,1H3,(H,23,26)/t15-/m1/s1. The lowest BCUT2D eigenvalue weighted by molar-refractivity contribution is -0.122. The van der Waals surface area contributed by atoms with Crippen LogP contribution in [0.4, 0.5) is 0 Å². The fourth-order valence-corrected chi connectivity index (χ4v) is 3.39. The lowest BCUT2D eigenvalue weighted by Crippen LogP contribution is -2.54. The lowest BCUT2D eigenvalue weighted by atomic mass is 9.97. The Labute approximate surface area is 157 Å². The molecule has 1 fully saturated rings. The maximum atomic E-state index is 12.6. The molecule has 3 heterocycles. The normalized spacial score (nSPS) is 15.4. The molecule has 138 valence electrons. The summed E-state index contributed by atoms with van der Waals surface area (Å²) >= 11 is 0. The van der Waals surface area contributed by atoms with Crippen LogP contribution in [0.2, 0.25) is 0 Å². The number of nitrogens with zero attached hydrogens (tertiary/aromatic N) is 3. The van der Waals surface area contributed by atoms with Crippen LogP contribution < -0.4 is 5.32 Å². The first kappa shape index (κ1) is 17.3. The van der Waals surface area contributed by atoms with Crippen molar-refractivity contribution in [3.63, 3.8) is 0 Å². The number of pyridine rings is 1. The summed E-state index contributed by atoms with van der Waals surface area (Å²) in [6.45, 7) is 3.85. The summed E-state index contributed by atoms with van der Waals surface area (Å²) in [6, 6.07) is 13.4. The molecule has 0 radical (unpaired) electrons. The first-order chi connectivity index (χ1) is 13.1. The maximum Gasteiger partial charge on any atom is 0.254 e. The molecule has 1 N–H and O–H groups in total. The Morgan fingerprint density at radius 3 is 2.78 bits per heavy atom. The monoisotopic (exact) mass is 362 g/mol. The van der Waals surface area contributed by atoms with E-state index >= 15 is 0 Å². The molecule has 1 aromatic carbocycles. The molecule has 27 heavy (non-hydrogen) atoms. The Hall–Kier alpha value is -3.15. The molecule has 4 rings (SSSR count). The molecule has 1 aliphatic rings. The van der Waals surface area contributed by atoms with Crippen molar-refractivity contribution in [3.8, 4) is 0 Å². The summed E-state index contributed by atoms with van der Waals surface area (Å²) in [7, 11) is 0. The van der Waals surface area contributed by atoms with Crippen LogP contribution in [0.25, 0.3) is 5.52 Å². The molecule has 0 spiro atoms. The van der Waals surface area contributed by atoms with Gasteiger partial charge in [-0.05, 0) is 24.6 Å². The summed E-state index contributed by atoms with van der Waals surface area (Å²) in [4.78, 5) is 30.8. The van der Waals surface area contributed by atoms with Crippen molar-refractivity contribution in [1.82, 2.24) is 19.6 Å². The third kappa shape index (κ3) is 3.56. The molecule has 1 atom stereocenters. The van der Waals surface area contributed by atoms with Crippen LogP contribution in [0.1, 0.15) is 28.8 Å². The van der Waals surface area contributed by atoms with E-state index in [-0.39, 0.29) is 17.7 Å². The van der Waals surface area contributed by atoms with E-state index in [4.69, 9.17) is 0 Å². The van der Waals surface area contributed by atoms with Crippen molar-refractivity contribution in [2.24, 2.45) is 5.92 Å². The molecule has 3 aromatic rings. The summed E-state index contributed by atoms with van der Waals surface area (Å²) < 4.78 is 1.87. The number of imidazole rings is 1. The number of hydrogen-bond acceptors (Lipinski definition) is 3. The summed E-state index contributed by atoms with van der Waals surface area (Å²) in [5.41, 5.74) is 2.58. The second kappa shape index (κ2) is 7.23. The second-order valence-electron chi connectivity index (χ2n) is 7.09. The highest BCUT2D eigenvalue weighted by Crippen LogP contribution is 2.20. The minimum atomic E-state index is -0.175. The van der Waals surface area contributed by atoms with Crippen molar-refractivity contribution < 1.29 is 9.59 Å². The second-order valence-corrected chi connectivity index (χ2v) is 7.09. The van der Waals surface area contributed by atoms with Gasteiger partial charge in [-0.2, -0.15) is 0 Å². The Balaban J connectivity index is 1.27. The highest BCUT2D eigenvalue weighted by Gasteiger charge is 2.31. The van der Waals surface area contributed by atoms with Gasteiger partial charge in [0.25, 0.3) is 5.91 Å². The molecule has 1 aliphatic heterocycles. The molecule has 0 aliphatic carbocycles. The fourth-order valence-electron chi connectivity index (χ4n) is 3.39. The van der Waals surface area contributed by atoms with E-state index in [1.54, 1.807) is 12.5 Å². The number of benzene rings is 1. The largest absolute Gasteiger partial charge is 0.355 e. The minimum absolute atomic E-state index is 0.0251. The lowest BCUT2D eigenvalue weighted by Gasteiger charge is -2.39. The van der Waals surface area contributed by atoms with Gasteiger partial charge in [0.1, 0.15) is 0 Å². The Kier molecular flexibility index (Phi) is 4.62. The number of nitrogens with one attached hydrogen (secondary N) is 1. The average Bonchev–Trinajstić information content (AvgIpc) is 3.14. The molecular formula is C21H22N4O2. The van der Waals surface area contributed by atoms with E-state index in [1.807, 2.05) is 64.9 Å². The smallest absolute Gasteiger partial charge is 0.254 e. The Morgan fingerprint density at radius 2 is 2.00 bits per heavy atom. The third-order valence-corrected chi connectivity index (χ3v) is 5.16. The van der Waals surface area contributed by atoms with Gasteiger partial charge in [0.05, 0.1) is 24.0 Å². The van der Waals surface area contributed by atoms with Gasteiger partial charge in [0.15, 0.2) is 0 Å². The van der Waals surface area contributed by atoms with Crippen molar-refractivity contribution >= 4 is 17.3 Å². The SMILES string of the molecule is C[C@@H](C(=O)NCC1CN(C(=O)c2ccn3cncc3c2)C1)c1ccccc1. The molecular weight excluding hydrogens is 340 g/mol. The van der Waals surface area contributed by atoms with E-state index in [2.05, 4.69) is 10.3 Å². The van der Waals surface area contributed by atoms with Crippen LogP contribution >= 0.6 is 0 Å². The topological polar surface area (TPSA) is 66.7 Å². The third-order valence-electron chi connectivity index (χ3n) is 5.16. The molecule has 0 unspecified atom stereocenters. The van der Waals surface area contributed by atoms with Crippen LogP contribution in [0.3, 0.4) is 0 Å². The van der Waals surface area contributed by atoms with Crippen LogP contribution in [-0.2, 0) is 4.79 Å². The number of amides is 2. The van der Waals surface area contributed by atoms with Crippen molar-refractivity contribution in [2.75, 3.05) is 19.6 Å². The van der Waals surface area contributed by atoms with Gasteiger partial charge in [0, 0.05) is 37.3 Å². The van der Waals surface area contributed by atoms with Gasteiger partial charge >= 0.3 is 0 Å². The van der Waals surface area contributed by atoms with Gasteiger partial charge in [0.2, 0.25) is 5.91 Å². The van der Waals surface area contributed by atoms with Crippen LogP contribution in [0, 0.1) is 5.92 Å². The summed E-state index contributed by atoms with van der Waals surface area (Å²) in [6.07, 6.45) is 5.29. The fraction of sp³-hybridized carbons (Fsp3) is 0.286. The zero-order chi connectivity index (χ0) is 18.8. The number of carbonyl (C=O) groups is 2. The van der Waals surface area contributed by atoms with E-state index in [9.17, 15) is 9.59 Å². The number of carbonyl (C=O) groups excluding carboxylic acids is 2. The predicted octanol–water partition coefficient (Wildman–Crippen LogP) is 2.33. The zero-order valence-corrected chi connectivity index (χ0v) is 15.2. The molecule has 6 nitrogen and oxygen atoms in total. The molecule has 0 bridgehead atoms. The van der Waals surface area contributed by atoms with E-state index in [0.29, 0.717) is 31.1 Å². The van der Waals surface area contributed by atoms with Gasteiger partial charge in [-0.15, -0.1) is 0 Å². The number of fused-ring (bicyclic) bond motifs is 1. The van der Waals surface area contributed by atoms with Crippen molar-refractivity contribution in [1.29, 1.82) is 0 Å². The molecule has 6 heteroatoms. The highest BCUT2D eigenvalue weighted by atomic mass is 16.2. The Morgan fingerprint density at radius 1 is 1.22 bits per heavy atom. The number of aromatic nitrogens is 2. The van der Waals surface area contributed by atoms with Crippen LogP contribution in [0.15, 0.2) is 61.2 Å². The predicted molar refractivity (Wildman–Crippen MR) is 102 cm³/mol. The maximum absolute atomic E-state index is 12.6. The van der Waals surface area contributed by atoms with Crippen LogP contribution in [-0.4, -0.2) is 45.7 Å². The molecule has 2 amide bonds. The summed E-state index contributed by atoms with van der Waals surface area (Å²) in [5.74, 6) is 0.182. The molecule has 2 aromatic heterocycles. The van der Waals surface area contributed by atoms with E-state index in [0.717, 1.165) is 11.1 Å². The molecule has 0 saturated carbocycles. The number of rotatable bonds is 5. The van der Waals surface area contributed by atoms with Gasteiger partial charge in [-0.1, -0.05) is 30.3 Å². The zero-order valence-electron chi connectivity index (χ0n) is 15.2. The molecule has 1 saturated heterocycles. The minimum Gasteiger partial charge on any atom is -0.355 e. The first-order valence-corrected chi connectivity index (χ1v) is 9.15. The number of hydrogen-bond donors (Lipinski definition) is 1. The van der Waals surface area contributed by atoms with Crippen molar-refractivity contribution in [3.05, 3.63) is 72.3 Å². The van der Waals surface area contributed by atoms with E-state index < -0.39 is 0 Å². The Bertz CT molecular complexity index is 960. The van der Waals surface area contributed by atoms with Crippen LogP contribution in [0.5, 0.6) is 0 Å². The van der Waals surface area contributed by atoms with Gasteiger partial charge in [-0.3, -0.25) is 9.59 Å². The van der Waals surface area contributed by atoms with Gasteiger partial charge in [-0.25, -0.2) is 4.98 Å². The summed E-state index contributed by atoms with van der Waals surface area (Å²) in [5, 5.41) is 3.01. The first-order valence-electron chi connectivity index (χ1n) is 9.15. The van der Waals surface area contributed by atoms with Crippen molar-refractivity contribution in [2.45, 2.75) is 12.8 Å². The number of likely N-dealkylation sites (tertiary alicyclic amines) is 1. The quantitative estimate of drug-likeness (QED) is 0.757.